The molecular formula is C57H32O2. The fourth-order valence-electron chi connectivity index (χ4n) is 11.1. The van der Waals surface area contributed by atoms with Gasteiger partial charge in [-0.2, -0.15) is 0 Å². The highest BCUT2D eigenvalue weighted by molar-refractivity contribution is 6.22. The van der Waals surface area contributed by atoms with Crippen molar-refractivity contribution in [3.8, 4) is 44.5 Å². The Morgan fingerprint density at radius 2 is 0.746 bits per heavy atom. The summed E-state index contributed by atoms with van der Waals surface area (Å²) in [5, 5.41) is 9.66. The predicted molar refractivity (Wildman–Crippen MR) is 243 cm³/mol. The highest BCUT2D eigenvalue weighted by Gasteiger charge is 2.51. The first kappa shape index (κ1) is 31.4. The van der Waals surface area contributed by atoms with E-state index in [1.165, 1.54) is 82.4 Å². The van der Waals surface area contributed by atoms with Crippen LogP contribution in [0, 0.1) is 0 Å². The number of rotatable bonds is 3. The van der Waals surface area contributed by atoms with E-state index >= 15 is 0 Å². The zero-order chi connectivity index (χ0) is 38.4. The predicted octanol–water partition coefficient (Wildman–Crippen LogP) is 15.5. The van der Waals surface area contributed by atoms with Gasteiger partial charge < -0.3 is 8.83 Å². The summed E-state index contributed by atoms with van der Waals surface area (Å²) in [7, 11) is 0. The molecule has 0 amide bonds. The SMILES string of the molecule is c1ccc2c(c1)-c1ccccc1C21c2cccc3oc4cc(-c5ccc(-c6c7ccccc7c(-c7ccc8c(c7)oc7ccccc78)c7ccccc67)cc5)cc1c4c23. The lowest BCUT2D eigenvalue weighted by Crippen LogP contribution is -2.26. The molecule has 2 aliphatic rings. The van der Waals surface area contributed by atoms with E-state index in [1.54, 1.807) is 0 Å². The minimum absolute atomic E-state index is 0.406. The van der Waals surface area contributed by atoms with E-state index < -0.39 is 5.41 Å². The number of hydrogen-bond acceptors (Lipinski definition) is 2. The quantitative estimate of drug-likeness (QED) is 0.168. The lowest BCUT2D eigenvalue weighted by molar-refractivity contribution is 0.664. The van der Waals surface area contributed by atoms with Crippen LogP contribution in [0.3, 0.4) is 0 Å². The van der Waals surface area contributed by atoms with Gasteiger partial charge in [-0.1, -0.05) is 158 Å². The van der Waals surface area contributed by atoms with Gasteiger partial charge in [0.1, 0.15) is 22.3 Å². The Morgan fingerprint density at radius 3 is 1.44 bits per heavy atom. The van der Waals surface area contributed by atoms with Crippen LogP contribution in [-0.4, -0.2) is 0 Å². The maximum absolute atomic E-state index is 6.69. The third-order valence-corrected chi connectivity index (χ3v) is 13.5. The minimum atomic E-state index is -0.406. The molecule has 14 rings (SSSR count). The van der Waals surface area contributed by atoms with Gasteiger partial charge in [0.25, 0.3) is 0 Å². The van der Waals surface area contributed by atoms with Gasteiger partial charge in [-0.25, -0.2) is 0 Å². The zero-order valence-corrected chi connectivity index (χ0v) is 31.8. The Balaban J connectivity index is 0.951. The Labute approximate surface area is 339 Å². The van der Waals surface area contributed by atoms with Gasteiger partial charge in [-0.15, -0.1) is 0 Å². The summed E-state index contributed by atoms with van der Waals surface area (Å²) in [6.07, 6.45) is 0. The van der Waals surface area contributed by atoms with Crippen LogP contribution in [0.5, 0.6) is 0 Å². The van der Waals surface area contributed by atoms with E-state index in [4.69, 9.17) is 8.83 Å². The third kappa shape index (κ3) is 3.96. The molecule has 12 aromatic rings. The van der Waals surface area contributed by atoms with Gasteiger partial charge in [0.2, 0.25) is 0 Å². The van der Waals surface area contributed by atoms with Crippen LogP contribution in [0.2, 0.25) is 0 Å². The fraction of sp³-hybridized carbons (Fsp3) is 0.0175. The summed E-state index contributed by atoms with van der Waals surface area (Å²) in [5.74, 6) is 0. The van der Waals surface area contributed by atoms with Crippen molar-refractivity contribution in [1.29, 1.82) is 0 Å². The molecule has 0 atom stereocenters. The van der Waals surface area contributed by atoms with Crippen LogP contribution in [0.15, 0.2) is 203 Å². The average molecular weight is 749 g/mol. The Bertz CT molecular complexity index is 3680. The van der Waals surface area contributed by atoms with Crippen molar-refractivity contribution in [3.05, 3.63) is 216 Å². The molecule has 59 heavy (non-hydrogen) atoms. The number of benzene rings is 10. The van der Waals surface area contributed by atoms with Crippen molar-refractivity contribution in [3.63, 3.8) is 0 Å². The Kier molecular flexibility index (Phi) is 5.99. The topological polar surface area (TPSA) is 26.3 Å². The molecule has 10 aromatic carbocycles. The fourth-order valence-corrected chi connectivity index (χ4v) is 11.1. The molecule has 0 aliphatic heterocycles. The van der Waals surface area contributed by atoms with Gasteiger partial charge in [-0.3, -0.25) is 0 Å². The largest absolute Gasteiger partial charge is 0.456 e. The minimum Gasteiger partial charge on any atom is -0.456 e. The smallest absolute Gasteiger partial charge is 0.136 e. The second-order valence-electron chi connectivity index (χ2n) is 16.2. The van der Waals surface area contributed by atoms with E-state index in [1.807, 2.05) is 12.1 Å². The molecule has 0 saturated heterocycles. The lowest BCUT2D eigenvalue weighted by Gasteiger charge is -2.31. The molecule has 0 N–H and O–H groups in total. The van der Waals surface area contributed by atoms with Crippen LogP contribution >= 0.6 is 0 Å². The standard InChI is InChI=1S/C57H32O2/c1-3-17-43-41(15-1)53(42-16-2-4-18-44(42)54(43)35-28-29-40-39-14-7-10-22-49(39)58-51(40)31-35)34-26-24-33(25-27-34)36-30-48-56-52(32-36)59-50-23-11-21-47(55(50)56)57(48)45-19-8-5-12-37(45)38-13-6-9-20-46(38)57/h1-32H. The molecule has 0 unspecified atom stereocenters. The van der Waals surface area contributed by atoms with Crippen LogP contribution in [-0.2, 0) is 5.41 Å². The van der Waals surface area contributed by atoms with E-state index in [2.05, 4.69) is 182 Å². The molecular weight excluding hydrogens is 717 g/mol. The summed E-state index contributed by atoms with van der Waals surface area (Å²) in [5.41, 5.74) is 18.4. The van der Waals surface area contributed by atoms with Crippen molar-refractivity contribution in [2.24, 2.45) is 0 Å². The van der Waals surface area contributed by atoms with E-state index in [0.29, 0.717) is 0 Å². The lowest BCUT2D eigenvalue weighted by atomic mass is 9.70. The summed E-state index contributed by atoms with van der Waals surface area (Å²) in [6, 6.07) is 71.2. The first-order chi connectivity index (χ1) is 29.3. The third-order valence-electron chi connectivity index (χ3n) is 13.5. The van der Waals surface area contributed by atoms with E-state index in [9.17, 15) is 0 Å². The Morgan fingerprint density at radius 1 is 0.271 bits per heavy atom. The van der Waals surface area contributed by atoms with Crippen molar-refractivity contribution in [2.75, 3.05) is 0 Å². The van der Waals surface area contributed by atoms with Crippen LogP contribution < -0.4 is 0 Å². The molecule has 0 fully saturated rings. The van der Waals surface area contributed by atoms with Crippen molar-refractivity contribution in [2.45, 2.75) is 5.41 Å². The van der Waals surface area contributed by atoms with Crippen LogP contribution in [0.25, 0.3) is 110 Å². The molecule has 272 valence electrons. The normalized spacial score (nSPS) is 13.6. The van der Waals surface area contributed by atoms with Crippen molar-refractivity contribution >= 4 is 65.4 Å². The summed E-state index contributed by atoms with van der Waals surface area (Å²) in [4.78, 5) is 0. The molecule has 0 saturated carbocycles. The summed E-state index contributed by atoms with van der Waals surface area (Å²) < 4.78 is 13.1. The average Bonchev–Trinajstić information content (AvgIpc) is 4.03. The van der Waals surface area contributed by atoms with Gasteiger partial charge in [0, 0.05) is 21.5 Å². The molecule has 0 radical (unpaired) electrons. The molecule has 2 aliphatic carbocycles. The molecule has 0 bridgehead atoms. The highest BCUT2D eigenvalue weighted by Crippen LogP contribution is 2.63. The summed E-state index contributed by atoms with van der Waals surface area (Å²) >= 11 is 0. The first-order valence-electron chi connectivity index (χ1n) is 20.4. The molecule has 2 heteroatoms. The molecule has 2 nitrogen and oxygen atoms in total. The number of fused-ring (bicyclic) bond motifs is 12. The maximum Gasteiger partial charge on any atom is 0.136 e. The van der Waals surface area contributed by atoms with Gasteiger partial charge in [0.15, 0.2) is 0 Å². The molecule has 2 aromatic heterocycles. The zero-order valence-electron chi connectivity index (χ0n) is 31.8. The van der Waals surface area contributed by atoms with Crippen molar-refractivity contribution < 1.29 is 8.83 Å². The Hall–Kier alpha value is -7.68. The highest BCUT2D eigenvalue weighted by atomic mass is 16.3. The van der Waals surface area contributed by atoms with Crippen LogP contribution in [0.1, 0.15) is 22.3 Å². The van der Waals surface area contributed by atoms with Gasteiger partial charge in [-0.05, 0) is 125 Å². The van der Waals surface area contributed by atoms with E-state index in [-0.39, 0.29) is 0 Å². The van der Waals surface area contributed by atoms with Gasteiger partial charge >= 0.3 is 0 Å². The number of furan rings is 2. The first-order valence-corrected chi connectivity index (χ1v) is 20.4. The number of hydrogen-bond donors (Lipinski definition) is 0. The van der Waals surface area contributed by atoms with Gasteiger partial charge in [0.05, 0.1) is 5.41 Å². The molecule has 1 spiro atoms. The monoisotopic (exact) mass is 748 g/mol. The van der Waals surface area contributed by atoms with Crippen molar-refractivity contribution in [1.82, 2.24) is 0 Å². The maximum atomic E-state index is 6.69. The second kappa shape index (κ2) is 11.2. The second-order valence-corrected chi connectivity index (χ2v) is 16.2. The summed E-state index contributed by atoms with van der Waals surface area (Å²) in [6.45, 7) is 0. The number of para-hydroxylation sites is 1. The van der Waals surface area contributed by atoms with E-state index in [0.717, 1.165) is 49.8 Å². The van der Waals surface area contributed by atoms with Crippen LogP contribution in [0.4, 0.5) is 0 Å². The molecule has 2 heterocycles.